The maximum Gasteiger partial charge on any atom is 0.338 e. The molecule has 0 amide bonds. The number of carbonyl (C=O) groups excluding carboxylic acids is 1. The van der Waals surface area contributed by atoms with E-state index >= 15 is 0 Å². The molecule has 1 aromatic rings. The molecule has 4 heteroatoms. The van der Waals surface area contributed by atoms with Gasteiger partial charge in [0.2, 0.25) is 0 Å². The zero-order valence-corrected chi connectivity index (χ0v) is 13.2. The van der Waals surface area contributed by atoms with E-state index in [1.54, 1.807) is 24.3 Å². The van der Waals surface area contributed by atoms with Crippen LogP contribution in [0.25, 0.3) is 0 Å². The largest absolute Gasteiger partial charge is 0.458 e. The number of carbonyl (C=O) groups is 1. The molecule has 21 heavy (non-hydrogen) atoms. The quantitative estimate of drug-likeness (QED) is 0.800. The molecule has 1 saturated carbocycles. The maximum absolute atomic E-state index is 12.2. The molecule has 1 aliphatic rings. The number of esters is 1. The molecule has 0 aromatic heterocycles. The molecule has 0 heterocycles. The van der Waals surface area contributed by atoms with E-state index in [0.717, 1.165) is 38.5 Å². The molecule has 2 rings (SSSR count). The fourth-order valence-corrected chi connectivity index (χ4v) is 3.27. The van der Waals surface area contributed by atoms with Gasteiger partial charge in [0.15, 0.2) is 0 Å². The molecule has 1 N–H and O–H groups in total. The number of rotatable bonds is 6. The van der Waals surface area contributed by atoms with Crippen LogP contribution >= 0.6 is 11.6 Å². The number of aliphatic hydroxyl groups is 1. The van der Waals surface area contributed by atoms with Crippen molar-refractivity contribution in [3.8, 4) is 0 Å². The Hall–Kier alpha value is -1.06. The zero-order valence-electron chi connectivity index (χ0n) is 12.5. The van der Waals surface area contributed by atoms with Crippen LogP contribution < -0.4 is 0 Å². The summed E-state index contributed by atoms with van der Waals surface area (Å²) in [4.78, 5) is 12.2. The number of ether oxygens (including phenoxy) is 1. The molecule has 0 aliphatic heterocycles. The predicted molar refractivity (Wildman–Crippen MR) is 83.6 cm³/mol. The fraction of sp³-hybridized carbons (Fsp3) is 0.588. The van der Waals surface area contributed by atoms with E-state index in [2.05, 4.69) is 6.92 Å². The fourth-order valence-electron chi connectivity index (χ4n) is 3.15. The molecule has 3 nitrogen and oxygen atoms in total. The highest BCUT2D eigenvalue weighted by molar-refractivity contribution is 6.30. The number of hydrogen-bond acceptors (Lipinski definition) is 3. The third-order valence-corrected chi connectivity index (χ3v) is 4.75. The molecule has 2 atom stereocenters. The van der Waals surface area contributed by atoms with E-state index in [0.29, 0.717) is 10.6 Å². The van der Waals surface area contributed by atoms with Gasteiger partial charge in [-0.15, -0.1) is 0 Å². The highest BCUT2D eigenvalue weighted by atomic mass is 35.5. The van der Waals surface area contributed by atoms with Crippen molar-refractivity contribution in [2.24, 2.45) is 5.41 Å². The van der Waals surface area contributed by atoms with Gasteiger partial charge in [-0.05, 0) is 49.9 Å². The van der Waals surface area contributed by atoms with Gasteiger partial charge in [-0.2, -0.15) is 0 Å². The van der Waals surface area contributed by atoms with Crippen LogP contribution in [-0.2, 0) is 4.74 Å². The van der Waals surface area contributed by atoms with Crippen molar-refractivity contribution >= 4 is 17.6 Å². The summed E-state index contributed by atoms with van der Waals surface area (Å²) in [6.45, 7) is 2.22. The van der Waals surface area contributed by atoms with Crippen LogP contribution in [0.2, 0.25) is 5.02 Å². The first kappa shape index (κ1) is 16.3. The van der Waals surface area contributed by atoms with Gasteiger partial charge in [-0.1, -0.05) is 31.4 Å². The minimum absolute atomic E-state index is 0.0889. The lowest BCUT2D eigenvalue weighted by molar-refractivity contribution is -0.0303. The summed E-state index contributed by atoms with van der Waals surface area (Å²) in [5, 5.41) is 10.4. The molecule has 0 unspecified atom stereocenters. The average molecular weight is 311 g/mol. The van der Waals surface area contributed by atoms with Crippen LogP contribution in [0.3, 0.4) is 0 Å². The van der Waals surface area contributed by atoms with Gasteiger partial charge in [0.05, 0.1) is 12.2 Å². The molecule has 116 valence electrons. The Morgan fingerprint density at radius 2 is 2.14 bits per heavy atom. The molecule has 1 fully saturated rings. The van der Waals surface area contributed by atoms with Gasteiger partial charge < -0.3 is 9.84 Å². The summed E-state index contributed by atoms with van der Waals surface area (Å²) >= 11 is 5.83. The second-order valence-corrected chi connectivity index (χ2v) is 6.35. The molecular formula is C17H23ClO3. The number of benzene rings is 1. The molecule has 0 bridgehead atoms. The van der Waals surface area contributed by atoms with Crippen LogP contribution in [0.15, 0.2) is 24.3 Å². The maximum atomic E-state index is 12.2. The van der Waals surface area contributed by atoms with Crippen molar-refractivity contribution in [2.75, 3.05) is 6.61 Å². The first-order valence-electron chi connectivity index (χ1n) is 7.69. The van der Waals surface area contributed by atoms with Crippen molar-refractivity contribution in [1.29, 1.82) is 0 Å². The second-order valence-electron chi connectivity index (χ2n) is 5.92. The lowest BCUT2D eigenvalue weighted by atomic mass is 9.80. The summed E-state index contributed by atoms with van der Waals surface area (Å²) in [6.07, 6.45) is 5.64. The minimum atomic E-state index is -0.326. The number of halogens is 1. The highest BCUT2D eigenvalue weighted by Crippen LogP contribution is 2.44. The van der Waals surface area contributed by atoms with Crippen LogP contribution in [0, 0.1) is 5.41 Å². The predicted octanol–water partition coefficient (Wildman–Crippen LogP) is 4.22. The Bertz CT molecular complexity index is 471. The van der Waals surface area contributed by atoms with Crippen LogP contribution in [-0.4, -0.2) is 23.8 Å². The molecule has 0 spiro atoms. The van der Waals surface area contributed by atoms with E-state index in [9.17, 15) is 9.90 Å². The first-order valence-corrected chi connectivity index (χ1v) is 8.06. The first-order chi connectivity index (χ1) is 10.1. The third-order valence-electron chi connectivity index (χ3n) is 4.50. The van der Waals surface area contributed by atoms with E-state index in [4.69, 9.17) is 16.3 Å². The van der Waals surface area contributed by atoms with Gasteiger partial charge in [0, 0.05) is 10.4 Å². The smallest absolute Gasteiger partial charge is 0.338 e. The molecule has 0 saturated heterocycles. The second kappa shape index (κ2) is 7.28. The van der Waals surface area contributed by atoms with Crippen molar-refractivity contribution < 1.29 is 14.6 Å². The Balaban J connectivity index is 2.06. The lowest BCUT2D eigenvalue weighted by Gasteiger charge is -2.33. The summed E-state index contributed by atoms with van der Waals surface area (Å²) in [5.41, 5.74) is 0.256. The van der Waals surface area contributed by atoms with E-state index in [1.165, 1.54) is 0 Å². The van der Waals surface area contributed by atoms with E-state index in [1.807, 2.05) is 0 Å². The van der Waals surface area contributed by atoms with Gasteiger partial charge in [-0.3, -0.25) is 0 Å². The Labute approximate surface area is 131 Å². The van der Waals surface area contributed by atoms with Crippen molar-refractivity contribution in [2.45, 2.75) is 51.6 Å². The Morgan fingerprint density at radius 1 is 1.43 bits per heavy atom. The molecule has 1 aromatic carbocycles. The minimum Gasteiger partial charge on any atom is -0.458 e. The summed E-state index contributed by atoms with van der Waals surface area (Å²) in [6, 6.07) is 6.71. The molecule has 0 radical (unpaired) electrons. The summed E-state index contributed by atoms with van der Waals surface area (Å²) in [7, 11) is 0. The molecule has 1 aliphatic carbocycles. The Morgan fingerprint density at radius 3 is 2.76 bits per heavy atom. The zero-order chi connectivity index (χ0) is 15.3. The van der Waals surface area contributed by atoms with Crippen LogP contribution in [0.5, 0.6) is 0 Å². The topological polar surface area (TPSA) is 46.5 Å². The van der Waals surface area contributed by atoms with Gasteiger partial charge in [0.25, 0.3) is 0 Å². The van der Waals surface area contributed by atoms with Gasteiger partial charge >= 0.3 is 5.97 Å². The van der Waals surface area contributed by atoms with Crippen molar-refractivity contribution in [3.63, 3.8) is 0 Å². The van der Waals surface area contributed by atoms with E-state index < -0.39 is 0 Å². The number of hydrogen-bond donors (Lipinski definition) is 1. The lowest BCUT2D eigenvalue weighted by Crippen LogP contribution is -2.37. The van der Waals surface area contributed by atoms with Crippen molar-refractivity contribution in [1.82, 2.24) is 0 Å². The molecular weight excluding hydrogens is 288 g/mol. The van der Waals surface area contributed by atoms with E-state index in [-0.39, 0.29) is 24.1 Å². The van der Waals surface area contributed by atoms with Crippen molar-refractivity contribution in [3.05, 3.63) is 34.9 Å². The van der Waals surface area contributed by atoms with Gasteiger partial charge in [-0.25, -0.2) is 4.79 Å². The monoisotopic (exact) mass is 310 g/mol. The summed E-state index contributed by atoms with van der Waals surface area (Å²) < 4.78 is 5.70. The standard InChI is InChI=1S/C17H23ClO3/c1-2-3-10-17(12-19)11-4-5-15(17)21-16(20)13-6-8-14(18)9-7-13/h6-9,15,19H,2-5,10-12H2,1H3/t15-,17-/m1/s1. The summed E-state index contributed by atoms with van der Waals surface area (Å²) in [5.74, 6) is -0.326. The number of aliphatic hydroxyl groups excluding tert-OH is 1. The highest BCUT2D eigenvalue weighted by Gasteiger charge is 2.44. The SMILES string of the molecule is CCCC[C@]1(CO)CCC[C@H]1OC(=O)c1ccc(Cl)cc1. The Kier molecular flexibility index (Phi) is 5.65. The van der Waals surface area contributed by atoms with Crippen LogP contribution in [0.1, 0.15) is 55.8 Å². The number of unbranched alkanes of at least 4 members (excludes halogenated alkanes) is 1. The third kappa shape index (κ3) is 3.78. The average Bonchev–Trinajstić information content (AvgIpc) is 2.89. The van der Waals surface area contributed by atoms with Gasteiger partial charge in [0.1, 0.15) is 6.10 Å². The normalized spacial score (nSPS) is 25.0. The van der Waals surface area contributed by atoms with Crippen LogP contribution in [0.4, 0.5) is 0 Å².